The smallest absolute Gasteiger partial charge is 0.270 e. The maximum Gasteiger partial charge on any atom is 0.270 e. The summed E-state index contributed by atoms with van der Waals surface area (Å²) in [6.45, 7) is 1.85. The highest BCUT2D eigenvalue weighted by Gasteiger charge is 2.19. The summed E-state index contributed by atoms with van der Waals surface area (Å²) >= 11 is 1.51. The number of halogens is 2. The highest BCUT2D eigenvalue weighted by Crippen LogP contribution is 2.33. The van der Waals surface area contributed by atoms with E-state index >= 15 is 0 Å². The largest absolute Gasteiger partial charge is 0.377 e. The summed E-state index contributed by atoms with van der Waals surface area (Å²) in [5, 5.41) is 15.5. The second kappa shape index (κ2) is 5.96. The zero-order chi connectivity index (χ0) is 14.7. The fourth-order valence-electron chi connectivity index (χ4n) is 1.82. The number of alkyl halides is 2. The SMILES string of the molecule is CC(Nc1ccc([N+](=O)[O-])cc1C(F)F)c1cccs1. The van der Waals surface area contributed by atoms with Crippen molar-refractivity contribution in [2.24, 2.45) is 0 Å². The zero-order valence-electron chi connectivity index (χ0n) is 10.5. The molecule has 2 rings (SSSR count). The van der Waals surface area contributed by atoms with Gasteiger partial charge in [0.1, 0.15) is 0 Å². The van der Waals surface area contributed by atoms with Crippen LogP contribution in [-0.4, -0.2) is 4.92 Å². The Morgan fingerprint density at radius 3 is 2.65 bits per heavy atom. The highest BCUT2D eigenvalue weighted by molar-refractivity contribution is 7.10. The van der Waals surface area contributed by atoms with Crippen LogP contribution < -0.4 is 5.32 Å². The molecule has 0 aliphatic heterocycles. The lowest BCUT2D eigenvalue weighted by Crippen LogP contribution is -2.07. The molecule has 0 saturated carbocycles. The molecule has 1 heterocycles. The van der Waals surface area contributed by atoms with Crippen LogP contribution in [0.1, 0.15) is 29.8 Å². The van der Waals surface area contributed by atoms with Gasteiger partial charge in [0.25, 0.3) is 12.1 Å². The van der Waals surface area contributed by atoms with Gasteiger partial charge >= 0.3 is 0 Å². The summed E-state index contributed by atoms with van der Waals surface area (Å²) < 4.78 is 26.0. The third-order valence-electron chi connectivity index (χ3n) is 2.82. The molecule has 2 aromatic rings. The van der Waals surface area contributed by atoms with Crippen molar-refractivity contribution in [2.75, 3.05) is 5.32 Å². The number of thiophene rings is 1. The Bertz CT molecular complexity index is 602. The van der Waals surface area contributed by atoms with E-state index in [0.717, 1.165) is 10.9 Å². The molecule has 0 amide bonds. The maximum atomic E-state index is 13.0. The lowest BCUT2D eigenvalue weighted by atomic mass is 10.1. The second-order valence-electron chi connectivity index (χ2n) is 4.21. The molecule has 106 valence electrons. The Kier molecular flexibility index (Phi) is 4.29. The Labute approximate surface area is 118 Å². The molecule has 20 heavy (non-hydrogen) atoms. The maximum absolute atomic E-state index is 13.0. The molecule has 0 saturated heterocycles. The molecular formula is C13H12F2N2O2S. The first-order chi connectivity index (χ1) is 9.49. The predicted octanol–water partition coefficient (Wildman–Crippen LogP) is 4.77. The van der Waals surface area contributed by atoms with E-state index < -0.39 is 11.3 Å². The number of nitrogens with one attached hydrogen (secondary N) is 1. The minimum atomic E-state index is -2.77. The number of rotatable bonds is 5. The van der Waals surface area contributed by atoms with E-state index in [1.54, 1.807) is 0 Å². The van der Waals surface area contributed by atoms with Gasteiger partial charge in [-0.25, -0.2) is 8.78 Å². The number of nitro groups is 1. The van der Waals surface area contributed by atoms with Crippen molar-refractivity contribution in [3.8, 4) is 0 Å². The van der Waals surface area contributed by atoms with Crippen molar-refractivity contribution in [3.05, 3.63) is 56.3 Å². The van der Waals surface area contributed by atoms with E-state index in [4.69, 9.17) is 0 Å². The predicted molar refractivity (Wildman–Crippen MR) is 74.4 cm³/mol. The summed E-state index contributed by atoms with van der Waals surface area (Å²) in [7, 11) is 0. The molecule has 1 N–H and O–H groups in total. The average Bonchev–Trinajstić information content (AvgIpc) is 2.92. The van der Waals surface area contributed by atoms with Gasteiger partial charge in [-0.2, -0.15) is 0 Å². The van der Waals surface area contributed by atoms with E-state index in [-0.39, 0.29) is 23.0 Å². The molecule has 0 aliphatic rings. The lowest BCUT2D eigenvalue weighted by molar-refractivity contribution is -0.385. The molecule has 0 aliphatic carbocycles. The van der Waals surface area contributed by atoms with E-state index in [1.807, 2.05) is 24.4 Å². The van der Waals surface area contributed by atoms with Crippen LogP contribution in [0.25, 0.3) is 0 Å². The fraction of sp³-hybridized carbons (Fsp3) is 0.231. The van der Waals surface area contributed by atoms with E-state index in [9.17, 15) is 18.9 Å². The van der Waals surface area contributed by atoms with Gasteiger partial charge in [-0.15, -0.1) is 11.3 Å². The van der Waals surface area contributed by atoms with Gasteiger partial charge in [-0.3, -0.25) is 10.1 Å². The first kappa shape index (κ1) is 14.4. The zero-order valence-corrected chi connectivity index (χ0v) is 11.4. The summed E-state index contributed by atoms with van der Waals surface area (Å²) in [4.78, 5) is 11.0. The number of hydrogen-bond donors (Lipinski definition) is 1. The van der Waals surface area contributed by atoms with Crippen LogP contribution in [0.5, 0.6) is 0 Å². The van der Waals surface area contributed by atoms with E-state index in [2.05, 4.69) is 5.32 Å². The summed E-state index contributed by atoms with van der Waals surface area (Å²) in [6, 6.07) is 7.08. The molecule has 1 atom stereocenters. The molecule has 0 bridgehead atoms. The third-order valence-corrected chi connectivity index (χ3v) is 3.88. The normalized spacial score (nSPS) is 12.4. The Hall–Kier alpha value is -2.02. The van der Waals surface area contributed by atoms with Crippen LogP contribution in [0.15, 0.2) is 35.7 Å². The summed E-state index contributed by atoms with van der Waals surface area (Å²) in [5.74, 6) is 0. The minimum absolute atomic E-state index is 0.144. The summed E-state index contributed by atoms with van der Waals surface area (Å²) in [5.41, 5.74) is -0.483. The Balaban J connectivity index is 2.29. The van der Waals surface area contributed by atoms with E-state index in [1.165, 1.54) is 23.5 Å². The van der Waals surface area contributed by atoms with E-state index in [0.29, 0.717) is 0 Å². The molecular weight excluding hydrogens is 286 g/mol. The number of benzene rings is 1. The monoisotopic (exact) mass is 298 g/mol. The quantitative estimate of drug-likeness (QED) is 0.639. The molecule has 0 fully saturated rings. The second-order valence-corrected chi connectivity index (χ2v) is 5.19. The van der Waals surface area contributed by atoms with Crippen LogP contribution >= 0.6 is 11.3 Å². The number of nitro benzene ring substituents is 1. The fourth-order valence-corrected chi connectivity index (χ4v) is 2.55. The first-order valence-corrected chi connectivity index (χ1v) is 6.73. The van der Waals surface area contributed by atoms with Crippen molar-refractivity contribution in [3.63, 3.8) is 0 Å². The molecule has 1 aromatic carbocycles. The standard InChI is InChI=1S/C13H12F2N2O2S/c1-8(12-3-2-6-20-12)16-11-5-4-9(17(18)19)7-10(11)13(14)15/h2-8,13,16H,1H3. The summed E-state index contributed by atoms with van der Waals surface area (Å²) in [6.07, 6.45) is -2.77. The minimum Gasteiger partial charge on any atom is -0.377 e. The van der Waals surface area contributed by atoms with Gasteiger partial charge in [0, 0.05) is 28.3 Å². The van der Waals surface area contributed by atoms with Gasteiger partial charge in [-0.05, 0) is 24.4 Å². The molecule has 1 unspecified atom stereocenters. The first-order valence-electron chi connectivity index (χ1n) is 5.85. The number of non-ortho nitro benzene ring substituents is 1. The number of anilines is 1. The van der Waals surface area contributed by atoms with Gasteiger partial charge in [0.2, 0.25) is 0 Å². The Morgan fingerprint density at radius 1 is 1.35 bits per heavy atom. The van der Waals surface area contributed by atoms with Crippen LogP contribution in [-0.2, 0) is 0 Å². The van der Waals surface area contributed by atoms with Crippen LogP contribution in [0.3, 0.4) is 0 Å². The van der Waals surface area contributed by atoms with Crippen molar-refractivity contribution < 1.29 is 13.7 Å². The lowest BCUT2D eigenvalue weighted by Gasteiger charge is -2.16. The van der Waals surface area contributed by atoms with Crippen molar-refractivity contribution in [1.29, 1.82) is 0 Å². The van der Waals surface area contributed by atoms with Gasteiger partial charge in [-0.1, -0.05) is 6.07 Å². The molecule has 1 aromatic heterocycles. The third kappa shape index (κ3) is 3.11. The highest BCUT2D eigenvalue weighted by atomic mass is 32.1. The van der Waals surface area contributed by atoms with Crippen molar-refractivity contribution in [1.82, 2.24) is 0 Å². The van der Waals surface area contributed by atoms with Crippen molar-refractivity contribution >= 4 is 22.7 Å². The Morgan fingerprint density at radius 2 is 2.10 bits per heavy atom. The van der Waals surface area contributed by atoms with Gasteiger partial charge < -0.3 is 5.32 Å². The van der Waals surface area contributed by atoms with Crippen LogP contribution in [0.2, 0.25) is 0 Å². The molecule has 0 spiro atoms. The molecule has 7 heteroatoms. The van der Waals surface area contributed by atoms with Crippen molar-refractivity contribution in [2.45, 2.75) is 19.4 Å². The van der Waals surface area contributed by atoms with Gasteiger partial charge in [0.15, 0.2) is 0 Å². The van der Waals surface area contributed by atoms with Crippen LogP contribution in [0, 0.1) is 10.1 Å². The van der Waals surface area contributed by atoms with Gasteiger partial charge in [0.05, 0.1) is 11.0 Å². The number of nitrogens with zero attached hydrogens (tertiary/aromatic N) is 1. The van der Waals surface area contributed by atoms with Crippen LogP contribution in [0.4, 0.5) is 20.2 Å². The molecule has 0 radical (unpaired) electrons. The molecule has 4 nitrogen and oxygen atoms in total. The average molecular weight is 298 g/mol. The topological polar surface area (TPSA) is 55.2 Å². The number of hydrogen-bond acceptors (Lipinski definition) is 4.